The molecule has 0 bridgehead atoms. The number of hydrogen-bond acceptors (Lipinski definition) is 4. The van der Waals surface area contributed by atoms with Gasteiger partial charge in [0.25, 0.3) is 0 Å². The Bertz CT molecular complexity index is 434. The summed E-state index contributed by atoms with van der Waals surface area (Å²) < 4.78 is 5.28. The monoisotopic (exact) mass is 286 g/mol. The highest BCUT2D eigenvalue weighted by Gasteiger charge is 2.18. The van der Waals surface area contributed by atoms with E-state index in [-0.39, 0.29) is 11.6 Å². The number of pyridine rings is 1. The van der Waals surface area contributed by atoms with Crippen LogP contribution in [0.2, 0.25) is 0 Å². The van der Waals surface area contributed by atoms with E-state index in [1.807, 2.05) is 0 Å². The number of rotatable bonds is 2. The van der Waals surface area contributed by atoms with Crippen LogP contribution in [0.5, 0.6) is 0 Å². The van der Waals surface area contributed by atoms with E-state index in [2.05, 4.69) is 25.7 Å². The summed E-state index contributed by atoms with van der Waals surface area (Å²) >= 11 is 3.23. The SMILES string of the molecule is COC(=O)c1ncc(Br)cc1N(C)C(C)=O. The molecule has 1 aromatic rings. The van der Waals surface area contributed by atoms with Crippen LogP contribution in [-0.2, 0) is 9.53 Å². The summed E-state index contributed by atoms with van der Waals surface area (Å²) in [7, 11) is 2.84. The molecule has 1 heterocycles. The van der Waals surface area contributed by atoms with Crippen LogP contribution in [0.4, 0.5) is 5.69 Å². The van der Waals surface area contributed by atoms with Gasteiger partial charge in [-0.1, -0.05) is 0 Å². The smallest absolute Gasteiger partial charge is 0.358 e. The Hall–Kier alpha value is -1.43. The molecule has 0 aliphatic heterocycles. The largest absolute Gasteiger partial charge is 0.464 e. The third kappa shape index (κ3) is 2.57. The highest BCUT2D eigenvalue weighted by Crippen LogP contribution is 2.22. The number of halogens is 1. The van der Waals surface area contributed by atoms with Crippen LogP contribution >= 0.6 is 15.9 Å². The first-order chi connectivity index (χ1) is 7.47. The fourth-order valence-corrected chi connectivity index (χ4v) is 1.43. The van der Waals surface area contributed by atoms with Crippen LogP contribution in [0, 0.1) is 0 Å². The van der Waals surface area contributed by atoms with Gasteiger partial charge in [-0.05, 0) is 22.0 Å². The van der Waals surface area contributed by atoms with Crippen molar-refractivity contribution in [1.29, 1.82) is 0 Å². The third-order valence-electron chi connectivity index (χ3n) is 2.05. The van der Waals surface area contributed by atoms with Crippen molar-refractivity contribution >= 4 is 33.5 Å². The molecule has 16 heavy (non-hydrogen) atoms. The van der Waals surface area contributed by atoms with Crippen LogP contribution in [0.1, 0.15) is 17.4 Å². The van der Waals surface area contributed by atoms with Gasteiger partial charge in [-0.25, -0.2) is 9.78 Å². The maximum absolute atomic E-state index is 11.4. The summed E-state index contributed by atoms with van der Waals surface area (Å²) in [6.45, 7) is 1.40. The second-order valence-electron chi connectivity index (χ2n) is 3.09. The van der Waals surface area contributed by atoms with Crippen molar-refractivity contribution in [3.8, 4) is 0 Å². The lowest BCUT2D eigenvalue weighted by atomic mass is 10.2. The lowest BCUT2D eigenvalue weighted by molar-refractivity contribution is -0.116. The number of hydrogen-bond donors (Lipinski definition) is 0. The summed E-state index contributed by atoms with van der Waals surface area (Å²) in [5.74, 6) is -0.763. The lowest BCUT2D eigenvalue weighted by Gasteiger charge is -2.17. The molecule has 86 valence electrons. The zero-order chi connectivity index (χ0) is 12.3. The average Bonchev–Trinajstić information content (AvgIpc) is 2.26. The van der Waals surface area contributed by atoms with Crippen LogP contribution < -0.4 is 4.90 Å². The van der Waals surface area contributed by atoms with Gasteiger partial charge < -0.3 is 9.64 Å². The van der Waals surface area contributed by atoms with E-state index >= 15 is 0 Å². The van der Waals surface area contributed by atoms with Crippen LogP contribution in [0.15, 0.2) is 16.7 Å². The summed E-state index contributed by atoms with van der Waals surface area (Å²) in [4.78, 5) is 28.0. The molecule has 0 unspecified atom stereocenters. The minimum Gasteiger partial charge on any atom is -0.464 e. The van der Waals surface area contributed by atoms with E-state index in [1.165, 1.54) is 25.1 Å². The Balaban J connectivity index is 3.28. The second kappa shape index (κ2) is 5.07. The van der Waals surface area contributed by atoms with Crippen molar-refractivity contribution in [1.82, 2.24) is 4.98 Å². The van der Waals surface area contributed by atoms with Gasteiger partial charge in [0.05, 0.1) is 12.8 Å². The first kappa shape index (κ1) is 12.6. The molecule has 0 spiro atoms. The molecule has 5 nitrogen and oxygen atoms in total. The predicted molar refractivity (Wildman–Crippen MR) is 62.4 cm³/mol. The molecule has 0 saturated heterocycles. The van der Waals surface area contributed by atoms with Gasteiger partial charge in [0.2, 0.25) is 5.91 Å². The van der Waals surface area contributed by atoms with Crippen molar-refractivity contribution < 1.29 is 14.3 Å². The first-order valence-corrected chi connectivity index (χ1v) is 5.24. The van der Waals surface area contributed by atoms with Gasteiger partial charge in [0.15, 0.2) is 5.69 Å². The fraction of sp³-hybridized carbons (Fsp3) is 0.300. The first-order valence-electron chi connectivity index (χ1n) is 4.45. The zero-order valence-electron chi connectivity index (χ0n) is 9.15. The van der Waals surface area contributed by atoms with Crippen molar-refractivity contribution in [2.45, 2.75) is 6.92 Å². The molecule has 1 amide bonds. The van der Waals surface area contributed by atoms with Gasteiger partial charge in [0.1, 0.15) is 0 Å². The van der Waals surface area contributed by atoms with E-state index < -0.39 is 5.97 Å². The van der Waals surface area contributed by atoms with E-state index in [0.29, 0.717) is 10.2 Å². The molecule has 0 aromatic carbocycles. The summed E-state index contributed by atoms with van der Waals surface area (Å²) in [6.07, 6.45) is 1.48. The van der Waals surface area contributed by atoms with E-state index in [0.717, 1.165) is 0 Å². The lowest BCUT2D eigenvalue weighted by Crippen LogP contribution is -2.25. The standard InChI is InChI=1S/C10H11BrN2O3/c1-6(14)13(2)8-4-7(11)5-12-9(8)10(15)16-3/h4-5H,1-3H3. The normalized spacial score (nSPS) is 9.75. The number of aromatic nitrogens is 1. The highest BCUT2D eigenvalue weighted by molar-refractivity contribution is 9.10. The molecule has 0 aliphatic rings. The Morgan fingerprint density at radius 3 is 2.62 bits per heavy atom. The second-order valence-corrected chi connectivity index (χ2v) is 4.01. The molecule has 0 atom stereocenters. The Morgan fingerprint density at radius 1 is 1.50 bits per heavy atom. The van der Waals surface area contributed by atoms with E-state index in [4.69, 9.17) is 0 Å². The van der Waals surface area contributed by atoms with Gasteiger partial charge in [-0.3, -0.25) is 4.79 Å². The number of nitrogens with zero attached hydrogens (tertiary/aromatic N) is 2. The van der Waals surface area contributed by atoms with Crippen molar-refractivity contribution in [2.75, 3.05) is 19.1 Å². The number of amides is 1. The number of esters is 1. The van der Waals surface area contributed by atoms with Crippen LogP contribution in [0.25, 0.3) is 0 Å². The number of ether oxygens (including phenoxy) is 1. The molecule has 0 aliphatic carbocycles. The zero-order valence-corrected chi connectivity index (χ0v) is 10.7. The summed E-state index contributed by atoms with van der Waals surface area (Å²) in [5, 5.41) is 0. The number of anilines is 1. The molecule has 0 saturated carbocycles. The molecule has 0 fully saturated rings. The number of methoxy groups -OCH3 is 1. The molecular formula is C10H11BrN2O3. The summed E-state index contributed by atoms with van der Waals surface area (Å²) in [6, 6.07) is 1.64. The minimum atomic E-state index is -0.574. The van der Waals surface area contributed by atoms with Gasteiger partial charge >= 0.3 is 5.97 Å². The Kier molecular flexibility index (Phi) is 4.00. The van der Waals surface area contributed by atoms with Gasteiger partial charge in [0, 0.05) is 24.6 Å². The van der Waals surface area contributed by atoms with Gasteiger partial charge in [-0.2, -0.15) is 0 Å². The van der Waals surface area contributed by atoms with Crippen LogP contribution in [-0.4, -0.2) is 31.0 Å². The Labute approximate surface area is 102 Å². The molecule has 6 heteroatoms. The minimum absolute atomic E-state index is 0.114. The maximum atomic E-state index is 11.4. The highest BCUT2D eigenvalue weighted by atomic mass is 79.9. The Morgan fingerprint density at radius 2 is 2.12 bits per heavy atom. The summed E-state index contributed by atoms with van der Waals surface area (Å²) in [5.41, 5.74) is 0.525. The van der Waals surface area contributed by atoms with Gasteiger partial charge in [-0.15, -0.1) is 0 Å². The maximum Gasteiger partial charge on any atom is 0.358 e. The number of carbonyl (C=O) groups is 2. The topological polar surface area (TPSA) is 59.5 Å². The van der Waals surface area contributed by atoms with E-state index in [9.17, 15) is 9.59 Å². The van der Waals surface area contributed by atoms with Crippen molar-refractivity contribution in [3.63, 3.8) is 0 Å². The molecule has 0 N–H and O–H groups in total. The van der Waals surface area contributed by atoms with Crippen LogP contribution in [0.3, 0.4) is 0 Å². The van der Waals surface area contributed by atoms with E-state index in [1.54, 1.807) is 13.1 Å². The average molecular weight is 287 g/mol. The third-order valence-corrected chi connectivity index (χ3v) is 2.48. The molecule has 1 rings (SSSR count). The predicted octanol–water partition coefficient (Wildman–Crippen LogP) is 1.61. The molecular weight excluding hydrogens is 276 g/mol. The van der Waals surface area contributed by atoms with Crippen molar-refractivity contribution in [2.24, 2.45) is 0 Å². The number of carbonyl (C=O) groups excluding carboxylic acids is 2. The van der Waals surface area contributed by atoms with Crippen molar-refractivity contribution in [3.05, 3.63) is 22.4 Å². The molecule has 1 aromatic heterocycles. The molecule has 0 radical (unpaired) electrons. The fourth-order valence-electron chi connectivity index (χ4n) is 1.11. The quantitative estimate of drug-likeness (QED) is 0.775.